The van der Waals surface area contributed by atoms with Gasteiger partial charge < -0.3 is 10.2 Å². The van der Waals surface area contributed by atoms with Crippen molar-refractivity contribution >= 4 is 17.5 Å². The Morgan fingerprint density at radius 2 is 1.93 bits per heavy atom. The zero-order chi connectivity index (χ0) is 20.8. The summed E-state index contributed by atoms with van der Waals surface area (Å²) in [5.74, 6) is 0.594. The highest BCUT2D eigenvalue weighted by Gasteiger charge is 2.18. The number of likely N-dealkylation sites (N-methyl/N-ethyl adjacent to an activating group) is 1. The molecule has 1 heterocycles. The van der Waals surface area contributed by atoms with Gasteiger partial charge in [-0.1, -0.05) is 43.6 Å². The van der Waals surface area contributed by atoms with E-state index in [4.69, 9.17) is 11.6 Å². The minimum absolute atomic E-state index is 0.0370. The van der Waals surface area contributed by atoms with E-state index in [1.165, 1.54) is 11.3 Å². The Morgan fingerprint density at radius 3 is 2.54 bits per heavy atom. The van der Waals surface area contributed by atoms with E-state index >= 15 is 0 Å². The van der Waals surface area contributed by atoms with E-state index in [2.05, 4.69) is 40.8 Å². The number of rotatable bonds is 9. The van der Waals surface area contributed by atoms with Crippen LogP contribution in [0.25, 0.3) is 0 Å². The summed E-state index contributed by atoms with van der Waals surface area (Å²) in [4.78, 5) is 14.6. The number of hydrogen-bond acceptors (Lipinski definition) is 3. The highest BCUT2D eigenvalue weighted by molar-refractivity contribution is 6.31. The van der Waals surface area contributed by atoms with Gasteiger partial charge in [-0.25, -0.2) is 0 Å². The second-order valence-corrected chi connectivity index (χ2v) is 8.44. The largest absolute Gasteiger partial charge is 0.354 e. The van der Waals surface area contributed by atoms with E-state index < -0.39 is 0 Å². The van der Waals surface area contributed by atoms with Crippen LogP contribution in [0.5, 0.6) is 0 Å². The minimum Gasteiger partial charge on any atom is -0.354 e. The number of carbonyl (C=O) groups excluding carboxylic acids is 1. The fourth-order valence-electron chi connectivity index (χ4n) is 3.47. The predicted molar refractivity (Wildman–Crippen MR) is 116 cm³/mol. The number of nitrogens with one attached hydrogen (secondary N) is 1. The lowest BCUT2D eigenvalue weighted by Crippen LogP contribution is -2.34. The molecular formula is C22H33ClN4O. The lowest BCUT2D eigenvalue weighted by Gasteiger charge is -2.26. The summed E-state index contributed by atoms with van der Waals surface area (Å²) < 4.78 is 2.06. The third-order valence-corrected chi connectivity index (χ3v) is 5.40. The minimum atomic E-state index is 0.0370. The molecule has 0 aliphatic carbocycles. The highest BCUT2D eigenvalue weighted by atomic mass is 35.5. The van der Waals surface area contributed by atoms with Crippen LogP contribution in [0.15, 0.2) is 24.3 Å². The van der Waals surface area contributed by atoms with Crippen LogP contribution >= 0.6 is 11.6 Å². The van der Waals surface area contributed by atoms with Gasteiger partial charge in [-0.05, 0) is 57.5 Å². The lowest BCUT2D eigenvalue weighted by atomic mass is 10.1. The second-order valence-electron chi connectivity index (χ2n) is 8.03. The van der Waals surface area contributed by atoms with Crippen molar-refractivity contribution in [2.24, 2.45) is 5.92 Å². The van der Waals surface area contributed by atoms with Crippen LogP contribution in [-0.4, -0.2) is 41.2 Å². The lowest BCUT2D eigenvalue weighted by molar-refractivity contribution is -0.121. The molecule has 0 aliphatic rings. The first-order valence-electron chi connectivity index (χ1n) is 9.91. The van der Waals surface area contributed by atoms with Gasteiger partial charge in [0.25, 0.3) is 0 Å². The van der Waals surface area contributed by atoms with Gasteiger partial charge in [0, 0.05) is 30.2 Å². The van der Waals surface area contributed by atoms with Gasteiger partial charge in [-0.15, -0.1) is 0 Å². The van der Waals surface area contributed by atoms with Gasteiger partial charge in [0.2, 0.25) is 5.91 Å². The third kappa shape index (κ3) is 5.82. The average Bonchev–Trinajstić information content (AvgIpc) is 2.87. The molecule has 0 saturated carbocycles. The topological polar surface area (TPSA) is 50.2 Å². The standard InChI is InChI=1S/C22H33ClN4O/c1-15(2)14-27-17(4)18(16(3)25-27)11-12-22(28)24-13-21(26(5)6)19-9-7-8-10-20(19)23/h7-10,15,21H,11-14H2,1-6H3,(H,24,28). The molecule has 0 spiro atoms. The zero-order valence-electron chi connectivity index (χ0n) is 17.9. The molecule has 1 amide bonds. The van der Waals surface area contributed by atoms with Crippen LogP contribution in [0.4, 0.5) is 0 Å². The number of nitrogens with zero attached hydrogens (tertiary/aromatic N) is 3. The van der Waals surface area contributed by atoms with Crippen LogP contribution in [0.3, 0.4) is 0 Å². The Bertz CT molecular complexity index is 798. The molecule has 1 aromatic carbocycles. The van der Waals surface area contributed by atoms with Crippen molar-refractivity contribution in [3.05, 3.63) is 51.8 Å². The Hall–Kier alpha value is -1.85. The smallest absolute Gasteiger partial charge is 0.220 e. The van der Waals surface area contributed by atoms with Gasteiger partial charge in [-0.2, -0.15) is 5.10 Å². The molecule has 0 saturated heterocycles. The number of halogens is 1. The molecule has 6 heteroatoms. The van der Waals surface area contributed by atoms with Gasteiger partial charge >= 0.3 is 0 Å². The molecule has 1 N–H and O–H groups in total. The number of amides is 1. The van der Waals surface area contributed by atoms with E-state index in [1.807, 2.05) is 45.3 Å². The van der Waals surface area contributed by atoms with Crippen molar-refractivity contribution in [3.63, 3.8) is 0 Å². The van der Waals surface area contributed by atoms with Crippen LogP contribution in [0.2, 0.25) is 5.02 Å². The molecule has 1 atom stereocenters. The van der Waals surface area contributed by atoms with E-state index in [1.54, 1.807) is 0 Å². The van der Waals surface area contributed by atoms with E-state index in [-0.39, 0.29) is 11.9 Å². The average molecular weight is 405 g/mol. The van der Waals surface area contributed by atoms with E-state index in [9.17, 15) is 4.79 Å². The van der Waals surface area contributed by atoms with Crippen molar-refractivity contribution in [1.29, 1.82) is 0 Å². The quantitative estimate of drug-likeness (QED) is 0.682. The summed E-state index contributed by atoms with van der Waals surface area (Å²) in [6, 6.07) is 7.82. The number of aromatic nitrogens is 2. The van der Waals surface area contributed by atoms with Crippen molar-refractivity contribution in [2.45, 2.75) is 53.1 Å². The van der Waals surface area contributed by atoms with Gasteiger partial charge in [0.1, 0.15) is 0 Å². The molecule has 5 nitrogen and oxygen atoms in total. The predicted octanol–water partition coefficient (Wildman–Crippen LogP) is 4.16. The Kier molecular flexibility index (Phi) is 8.08. The Labute approximate surface area is 174 Å². The Morgan fingerprint density at radius 1 is 1.25 bits per heavy atom. The van der Waals surface area contributed by atoms with Crippen LogP contribution in [-0.2, 0) is 17.8 Å². The molecule has 0 aliphatic heterocycles. The summed E-state index contributed by atoms with van der Waals surface area (Å²) in [6.07, 6.45) is 1.16. The maximum atomic E-state index is 12.5. The third-order valence-electron chi connectivity index (χ3n) is 5.05. The molecule has 1 unspecified atom stereocenters. The highest BCUT2D eigenvalue weighted by Crippen LogP contribution is 2.25. The molecule has 0 radical (unpaired) electrons. The number of aryl methyl sites for hydroxylation is 1. The SMILES string of the molecule is Cc1nn(CC(C)C)c(C)c1CCC(=O)NCC(c1ccccc1Cl)N(C)C. The maximum absolute atomic E-state index is 12.5. The van der Waals surface area contributed by atoms with Gasteiger partial charge in [0.15, 0.2) is 0 Å². The van der Waals surface area contributed by atoms with E-state index in [0.717, 1.165) is 22.8 Å². The second kappa shape index (κ2) is 10.1. The molecular weight excluding hydrogens is 372 g/mol. The number of carbonyl (C=O) groups is 1. The van der Waals surface area contributed by atoms with E-state index in [0.29, 0.717) is 25.3 Å². The molecule has 0 bridgehead atoms. The summed E-state index contributed by atoms with van der Waals surface area (Å²) in [6.45, 7) is 9.92. The van der Waals surface area contributed by atoms with Crippen LogP contribution in [0.1, 0.15) is 48.8 Å². The summed E-state index contributed by atoms with van der Waals surface area (Å²) in [5, 5.41) is 8.43. The fourth-order valence-corrected chi connectivity index (χ4v) is 3.73. The number of benzene rings is 1. The fraction of sp³-hybridized carbons (Fsp3) is 0.545. The van der Waals surface area contributed by atoms with Gasteiger partial charge in [0.05, 0.1) is 11.7 Å². The maximum Gasteiger partial charge on any atom is 0.220 e. The summed E-state index contributed by atoms with van der Waals surface area (Å²) in [7, 11) is 3.99. The van der Waals surface area contributed by atoms with Gasteiger partial charge in [-0.3, -0.25) is 9.48 Å². The van der Waals surface area contributed by atoms with Crippen molar-refractivity contribution in [1.82, 2.24) is 20.0 Å². The normalized spacial score (nSPS) is 12.6. The molecule has 2 aromatic rings. The first kappa shape index (κ1) is 22.4. The zero-order valence-corrected chi connectivity index (χ0v) is 18.7. The molecule has 0 fully saturated rings. The van der Waals surface area contributed by atoms with Crippen molar-refractivity contribution in [3.8, 4) is 0 Å². The molecule has 28 heavy (non-hydrogen) atoms. The molecule has 2 rings (SSSR count). The number of hydrogen-bond donors (Lipinski definition) is 1. The van der Waals surface area contributed by atoms with Crippen molar-refractivity contribution in [2.75, 3.05) is 20.6 Å². The molecule has 154 valence electrons. The van der Waals surface area contributed by atoms with Crippen molar-refractivity contribution < 1.29 is 4.79 Å². The Balaban J connectivity index is 1.95. The summed E-state index contributed by atoms with van der Waals surface area (Å²) in [5.41, 5.74) is 4.40. The van der Waals surface area contributed by atoms with Crippen LogP contribution < -0.4 is 5.32 Å². The summed E-state index contributed by atoms with van der Waals surface area (Å²) >= 11 is 6.34. The van der Waals surface area contributed by atoms with Crippen LogP contribution in [0, 0.1) is 19.8 Å². The first-order chi connectivity index (χ1) is 13.2. The first-order valence-corrected chi connectivity index (χ1v) is 10.3. The molecule has 1 aromatic heterocycles. The monoisotopic (exact) mass is 404 g/mol.